The molecule has 0 aromatic heterocycles. The van der Waals surface area contributed by atoms with Crippen LogP contribution in [0, 0.1) is 0 Å². The molecule has 1 aliphatic carbocycles. The van der Waals surface area contributed by atoms with E-state index in [-0.39, 0.29) is 24.1 Å². The van der Waals surface area contributed by atoms with Gasteiger partial charge in [0.05, 0.1) is 0 Å². The summed E-state index contributed by atoms with van der Waals surface area (Å²) in [5, 5.41) is 0. The molecule has 0 aromatic rings. The van der Waals surface area contributed by atoms with E-state index < -0.39 is 0 Å². The van der Waals surface area contributed by atoms with Gasteiger partial charge < -0.3 is 9.47 Å². The van der Waals surface area contributed by atoms with Crippen LogP contribution >= 0.6 is 0 Å². The quantitative estimate of drug-likeness (QED) is 0.604. The van der Waals surface area contributed by atoms with Gasteiger partial charge in [-0.2, -0.15) is 0 Å². The van der Waals surface area contributed by atoms with E-state index in [9.17, 15) is 9.59 Å². The average molecular weight is 186 g/mol. The van der Waals surface area contributed by atoms with Crippen molar-refractivity contribution in [2.45, 2.75) is 45.3 Å². The lowest BCUT2D eigenvalue weighted by Gasteiger charge is -2.18. The van der Waals surface area contributed by atoms with Crippen molar-refractivity contribution in [1.82, 2.24) is 0 Å². The van der Waals surface area contributed by atoms with E-state index in [1.54, 1.807) is 0 Å². The van der Waals surface area contributed by atoms with Gasteiger partial charge in [0.1, 0.15) is 12.2 Å². The van der Waals surface area contributed by atoms with Crippen LogP contribution in [0.4, 0.5) is 0 Å². The Balaban J connectivity index is 2.43. The van der Waals surface area contributed by atoms with Crippen LogP contribution in [0.2, 0.25) is 0 Å². The van der Waals surface area contributed by atoms with Gasteiger partial charge in [-0.15, -0.1) is 0 Å². The largest absolute Gasteiger partial charge is 0.459 e. The maximum atomic E-state index is 10.7. The summed E-state index contributed by atoms with van der Waals surface area (Å²) in [5.41, 5.74) is 0. The molecule has 0 amide bonds. The Labute approximate surface area is 77.2 Å². The Hall–Kier alpha value is -1.06. The molecule has 0 aliphatic heterocycles. The van der Waals surface area contributed by atoms with Crippen molar-refractivity contribution in [2.75, 3.05) is 0 Å². The fraction of sp³-hybridized carbons (Fsp3) is 0.778. The predicted molar refractivity (Wildman–Crippen MR) is 45.0 cm³/mol. The molecule has 0 heterocycles. The second-order valence-corrected chi connectivity index (χ2v) is 3.23. The van der Waals surface area contributed by atoms with E-state index >= 15 is 0 Å². The number of hydrogen-bond donors (Lipinski definition) is 0. The number of hydrogen-bond acceptors (Lipinski definition) is 4. The second-order valence-electron chi connectivity index (χ2n) is 3.23. The molecule has 0 N–H and O–H groups in total. The highest BCUT2D eigenvalue weighted by atomic mass is 16.6. The molecule has 13 heavy (non-hydrogen) atoms. The Morgan fingerprint density at radius 3 is 1.69 bits per heavy atom. The summed E-state index contributed by atoms with van der Waals surface area (Å²) in [6, 6.07) is 0. The SMILES string of the molecule is CC(=O)O[C@@H]1CCC[C@H]1OC(C)=O. The molecule has 0 unspecified atom stereocenters. The first kappa shape index (κ1) is 10.0. The van der Waals surface area contributed by atoms with Gasteiger partial charge in [0, 0.05) is 13.8 Å². The van der Waals surface area contributed by atoms with E-state index in [4.69, 9.17) is 9.47 Å². The Bertz CT molecular complexity index is 190. The number of rotatable bonds is 2. The van der Waals surface area contributed by atoms with Crippen molar-refractivity contribution in [3.8, 4) is 0 Å². The first-order chi connectivity index (χ1) is 6.09. The van der Waals surface area contributed by atoms with Crippen LogP contribution in [0.3, 0.4) is 0 Å². The molecule has 1 aliphatic rings. The second kappa shape index (κ2) is 4.25. The summed E-state index contributed by atoms with van der Waals surface area (Å²) in [7, 11) is 0. The number of carbonyl (C=O) groups excluding carboxylic acids is 2. The first-order valence-corrected chi connectivity index (χ1v) is 4.44. The van der Waals surface area contributed by atoms with Gasteiger partial charge in [0.15, 0.2) is 0 Å². The van der Waals surface area contributed by atoms with Crippen molar-refractivity contribution >= 4 is 11.9 Å². The normalized spacial score (nSPS) is 26.9. The third-order valence-corrected chi connectivity index (χ3v) is 2.03. The molecule has 0 radical (unpaired) electrons. The molecular formula is C9H14O4. The maximum absolute atomic E-state index is 10.7. The maximum Gasteiger partial charge on any atom is 0.303 e. The number of ether oxygens (including phenoxy) is 2. The van der Waals surface area contributed by atoms with Crippen LogP contribution in [0.15, 0.2) is 0 Å². The van der Waals surface area contributed by atoms with E-state index in [0.717, 1.165) is 19.3 Å². The summed E-state index contributed by atoms with van der Waals surface area (Å²) >= 11 is 0. The molecular weight excluding hydrogens is 172 g/mol. The van der Waals surface area contributed by atoms with Gasteiger partial charge in [0.25, 0.3) is 0 Å². The summed E-state index contributed by atoms with van der Waals surface area (Å²) in [6.45, 7) is 2.73. The molecule has 1 saturated carbocycles. The average Bonchev–Trinajstić information content (AvgIpc) is 2.34. The van der Waals surface area contributed by atoms with Crippen LogP contribution in [0.1, 0.15) is 33.1 Å². The minimum Gasteiger partial charge on any atom is -0.459 e. The van der Waals surface area contributed by atoms with Crippen molar-refractivity contribution in [3.63, 3.8) is 0 Å². The molecule has 4 nitrogen and oxygen atoms in total. The van der Waals surface area contributed by atoms with E-state index in [1.165, 1.54) is 13.8 Å². The predicted octanol–water partition coefficient (Wildman–Crippen LogP) is 1.03. The highest BCUT2D eigenvalue weighted by molar-refractivity contribution is 5.67. The lowest BCUT2D eigenvalue weighted by molar-refractivity contribution is -0.162. The molecule has 4 heteroatoms. The van der Waals surface area contributed by atoms with Crippen LogP contribution in [0.25, 0.3) is 0 Å². The monoisotopic (exact) mass is 186 g/mol. The van der Waals surface area contributed by atoms with Crippen LogP contribution in [-0.4, -0.2) is 24.1 Å². The number of esters is 2. The molecule has 0 bridgehead atoms. The van der Waals surface area contributed by atoms with Gasteiger partial charge in [-0.3, -0.25) is 9.59 Å². The van der Waals surface area contributed by atoms with E-state index in [0.29, 0.717) is 0 Å². The zero-order valence-electron chi connectivity index (χ0n) is 7.91. The summed E-state index contributed by atoms with van der Waals surface area (Å²) in [5.74, 6) is -0.631. The van der Waals surface area contributed by atoms with E-state index in [2.05, 4.69) is 0 Å². The van der Waals surface area contributed by atoms with Gasteiger partial charge in [0.2, 0.25) is 0 Å². The zero-order chi connectivity index (χ0) is 9.84. The van der Waals surface area contributed by atoms with Gasteiger partial charge in [-0.1, -0.05) is 0 Å². The number of carbonyl (C=O) groups is 2. The van der Waals surface area contributed by atoms with E-state index in [1.807, 2.05) is 0 Å². The van der Waals surface area contributed by atoms with Gasteiger partial charge in [-0.25, -0.2) is 0 Å². The lowest BCUT2D eigenvalue weighted by Crippen LogP contribution is -2.29. The first-order valence-electron chi connectivity index (χ1n) is 4.44. The fourth-order valence-corrected chi connectivity index (χ4v) is 1.59. The minimum absolute atomic E-state index is 0.235. The molecule has 0 saturated heterocycles. The lowest BCUT2D eigenvalue weighted by atomic mass is 10.2. The van der Waals surface area contributed by atoms with Crippen molar-refractivity contribution in [1.29, 1.82) is 0 Å². The molecule has 74 valence electrons. The van der Waals surface area contributed by atoms with Gasteiger partial charge in [-0.05, 0) is 19.3 Å². The molecule has 0 spiro atoms. The third-order valence-electron chi connectivity index (χ3n) is 2.03. The topological polar surface area (TPSA) is 52.6 Å². The molecule has 1 fully saturated rings. The molecule has 2 atom stereocenters. The third kappa shape index (κ3) is 3.05. The van der Waals surface area contributed by atoms with Crippen LogP contribution in [0.5, 0.6) is 0 Å². The highest BCUT2D eigenvalue weighted by Gasteiger charge is 2.31. The molecule has 0 aromatic carbocycles. The Morgan fingerprint density at radius 1 is 1.00 bits per heavy atom. The summed E-state index contributed by atoms with van der Waals surface area (Å²) < 4.78 is 10.0. The van der Waals surface area contributed by atoms with Crippen molar-refractivity contribution in [2.24, 2.45) is 0 Å². The Kier molecular flexibility index (Phi) is 3.28. The van der Waals surface area contributed by atoms with Gasteiger partial charge >= 0.3 is 11.9 Å². The fourth-order valence-electron chi connectivity index (χ4n) is 1.59. The standard InChI is InChI=1S/C9H14O4/c1-6(10)12-8-4-3-5-9(8)13-7(2)11/h8-9H,3-5H2,1-2H3/t8-,9-/m1/s1. The summed E-state index contributed by atoms with van der Waals surface area (Å²) in [6.07, 6.45) is 2.05. The van der Waals surface area contributed by atoms with Crippen molar-refractivity contribution in [3.05, 3.63) is 0 Å². The molecule has 1 rings (SSSR count). The smallest absolute Gasteiger partial charge is 0.303 e. The highest BCUT2D eigenvalue weighted by Crippen LogP contribution is 2.25. The minimum atomic E-state index is -0.316. The van der Waals surface area contributed by atoms with Crippen molar-refractivity contribution < 1.29 is 19.1 Å². The van der Waals surface area contributed by atoms with Crippen LogP contribution in [-0.2, 0) is 19.1 Å². The Morgan fingerprint density at radius 2 is 1.38 bits per heavy atom. The zero-order valence-corrected chi connectivity index (χ0v) is 7.91. The summed E-state index contributed by atoms with van der Waals surface area (Å²) in [4.78, 5) is 21.3. The van der Waals surface area contributed by atoms with Crippen LogP contribution < -0.4 is 0 Å².